The van der Waals surface area contributed by atoms with E-state index in [4.69, 9.17) is 0 Å². The Bertz CT molecular complexity index is 3050. The highest BCUT2D eigenvalue weighted by Gasteiger charge is 2.17. The standard InChI is InChI=1S/C54H36N2/c1-4-15-37(16-5-1)38-17-14-18-39(31-38)42-32-43(40-27-29-53-49(35-40)47-23-10-12-25-51(47)55(53)45-19-6-2-7-20-45)34-44(33-42)41-28-30-54-50(36-41)48-24-11-13-26-52(48)56(54)46-21-8-3-9-22-46/h1-36H. The number of aromatic nitrogens is 2. The molecular formula is C54H36N2. The maximum Gasteiger partial charge on any atom is 0.0541 e. The second-order valence-corrected chi connectivity index (χ2v) is 14.6. The van der Waals surface area contributed by atoms with Crippen molar-refractivity contribution < 1.29 is 0 Å². The molecule has 262 valence electrons. The van der Waals surface area contributed by atoms with Crippen LogP contribution in [0.5, 0.6) is 0 Å². The van der Waals surface area contributed by atoms with Gasteiger partial charge in [0.1, 0.15) is 0 Å². The molecule has 0 fully saturated rings. The van der Waals surface area contributed by atoms with Gasteiger partial charge in [-0.1, -0.05) is 133 Å². The minimum absolute atomic E-state index is 1.16. The van der Waals surface area contributed by atoms with Crippen molar-refractivity contribution >= 4 is 43.6 Å². The Morgan fingerprint density at radius 2 is 0.536 bits per heavy atom. The maximum atomic E-state index is 2.39. The third kappa shape index (κ3) is 5.34. The van der Waals surface area contributed by atoms with Crippen LogP contribution >= 0.6 is 0 Å². The molecule has 11 rings (SSSR count). The van der Waals surface area contributed by atoms with E-state index in [1.165, 1.54) is 88.1 Å². The Kier molecular flexibility index (Phi) is 7.53. The molecule has 56 heavy (non-hydrogen) atoms. The van der Waals surface area contributed by atoms with Crippen LogP contribution in [0.3, 0.4) is 0 Å². The Morgan fingerprint density at radius 3 is 1.02 bits per heavy atom. The molecule has 0 saturated carbocycles. The van der Waals surface area contributed by atoms with Crippen LogP contribution in [0.4, 0.5) is 0 Å². The third-order valence-electron chi connectivity index (χ3n) is 11.3. The number of fused-ring (bicyclic) bond motifs is 6. The normalized spacial score (nSPS) is 11.6. The molecule has 0 aliphatic carbocycles. The Hall–Kier alpha value is -7.42. The van der Waals surface area contributed by atoms with E-state index >= 15 is 0 Å². The maximum absolute atomic E-state index is 2.39. The zero-order chi connectivity index (χ0) is 37.0. The van der Waals surface area contributed by atoms with Crippen LogP contribution in [0.1, 0.15) is 0 Å². The molecule has 0 radical (unpaired) electrons. The molecule has 11 aromatic rings. The quantitative estimate of drug-likeness (QED) is 0.162. The van der Waals surface area contributed by atoms with Crippen LogP contribution in [0.25, 0.3) is 99.5 Å². The smallest absolute Gasteiger partial charge is 0.0541 e. The van der Waals surface area contributed by atoms with E-state index in [2.05, 4.69) is 228 Å². The predicted octanol–water partition coefficient (Wildman–Crippen LogP) is 14.5. The summed E-state index contributed by atoms with van der Waals surface area (Å²) in [6, 6.07) is 79.5. The predicted molar refractivity (Wildman–Crippen MR) is 237 cm³/mol. The van der Waals surface area contributed by atoms with Gasteiger partial charge in [-0.3, -0.25) is 0 Å². The fourth-order valence-corrected chi connectivity index (χ4v) is 8.65. The molecule has 0 spiro atoms. The molecule has 2 aromatic heterocycles. The van der Waals surface area contributed by atoms with Gasteiger partial charge < -0.3 is 9.13 Å². The first-order valence-corrected chi connectivity index (χ1v) is 19.3. The third-order valence-corrected chi connectivity index (χ3v) is 11.3. The number of nitrogens with zero attached hydrogens (tertiary/aromatic N) is 2. The van der Waals surface area contributed by atoms with Gasteiger partial charge in [0.2, 0.25) is 0 Å². The lowest BCUT2D eigenvalue weighted by atomic mass is 9.91. The van der Waals surface area contributed by atoms with Crippen LogP contribution in [0, 0.1) is 0 Å². The van der Waals surface area contributed by atoms with Gasteiger partial charge in [-0.25, -0.2) is 0 Å². The van der Waals surface area contributed by atoms with Crippen molar-refractivity contribution in [2.45, 2.75) is 0 Å². The van der Waals surface area contributed by atoms with Crippen LogP contribution in [0.15, 0.2) is 218 Å². The molecule has 0 amide bonds. The monoisotopic (exact) mass is 712 g/mol. The second kappa shape index (κ2) is 13.2. The van der Waals surface area contributed by atoms with E-state index in [1.807, 2.05) is 0 Å². The number of para-hydroxylation sites is 4. The Balaban J connectivity index is 1.13. The number of hydrogen-bond acceptors (Lipinski definition) is 0. The number of rotatable bonds is 6. The minimum atomic E-state index is 1.16. The highest BCUT2D eigenvalue weighted by molar-refractivity contribution is 6.12. The summed E-state index contributed by atoms with van der Waals surface area (Å²) in [7, 11) is 0. The fourth-order valence-electron chi connectivity index (χ4n) is 8.65. The van der Waals surface area contributed by atoms with Crippen molar-refractivity contribution in [2.75, 3.05) is 0 Å². The molecular weight excluding hydrogens is 677 g/mol. The summed E-state index contributed by atoms with van der Waals surface area (Å²) in [4.78, 5) is 0. The van der Waals surface area contributed by atoms with Crippen molar-refractivity contribution in [1.29, 1.82) is 0 Å². The topological polar surface area (TPSA) is 9.86 Å². The van der Waals surface area contributed by atoms with E-state index in [0.717, 1.165) is 11.4 Å². The lowest BCUT2D eigenvalue weighted by Crippen LogP contribution is -1.93. The molecule has 0 bridgehead atoms. The van der Waals surface area contributed by atoms with E-state index in [9.17, 15) is 0 Å². The minimum Gasteiger partial charge on any atom is -0.309 e. The van der Waals surface area contributed by atoms with Crippen molar-refractivity contribution in [2.24, 2.45) is 0 Å². The van der Waals surface area contributed by atoms with Crippen molar-refractivity contribution in [3.8, 4) is 55.9 Å². The highest BCUT2D eigenvalue weighted by atomic mass is 15.0. The van der Waals surface area contributed by atoms with E-state index < -0.39 is 0 Å². The summed E-state index contributed by atoms with van der Waals surface area (Å²) in [5, 5.41) is 4.99. The summed E-state index contributed by atoms with van der Waals surface area (Å²) in [5.41, 5.74) is 16.7. The SMILES string of the molecule is c1ccc(-c2cccc(-c3cc(-c4ccc5c(c4)c4ccccc4n5-c4ccccc4)cc(-c4ccc5c(c4)c4ccccc4n5-c4ccccc4)c3)c2)cc1. The molecule has 0 aliphatic rings. The molecule has 0 unspecified atom stereocenters. The molecule has 2 heteroatoms. The average molecular weight is 713 g/mol. The van der Waals surface area contributed by atoms with Crippen LogP contribution in [-0.2, 0) is 0 Å². The van der Waals surface area contributed by atoms with E-state index in [-0.39, 0.29) is 0 Å². The molecule has 2 nitrogen and oxygen atoms in total. The van der Waals surface area contributed by atoms with Crippen LogP contribution in [0.2, 0.25) is 0 Å². The molecule has 0 N–H and O–H groups in total. The van der Waals surface area contributed by atoms with Gasteiger partial charge in [0, 0.05) is 32.9 Å². The summed E-state index contributed by atoms with van der Waals surface area (Å²) in [5.74, 6) is 0. The van der Waals surface area contributed by atoms with Gasteiger partial charge in [0.05, 0.1) is 22.1 Å². The first-order chi connectivity index (χ1) is 27.8. The molecule has 0 saturated heterocycles. The van der Waals surface area contributed by atoms with Crippen molar-refractivity contribution in [3.63, 3.8) is 0 Å². The second-order valence-electron chi connectivity index (χ2n) is 14.6. The Morgan fingerprint density at radius 1 is 0.196 bits per heavy atom. The molecule has 0 atom stereocenters. The van der Waals surface area contributed by atoms with Gasteiger partial charge in [-0.05, 0) is 129 Å². The summed E-state index contributed by atoms with van der Waals surface area (Å²) in [6.45, 7) is 0. The fraction of sp³-hybridized carbons (Fsp3) is 0. The lowest BCUT2D eigenvalue weighted by molar-refractivity contribution is 1.18. The zero-order valence-corrected chi connectivity index (χ0v) is 30.7. The molecule has 0 aliphatic heterocycles. The van der Waals surface area contributed by atoms with Crippen molar-refractivity contribution in [1.82, 2.24) is 9.13 Å². The van der Waals surface area contributed by atoms with Crippen molar-refractivity contribution in [3.05, 3.63) is 218 Å². The van der Waals surface area contributed by atoms with Gasteiger partial charge in [-0.15, -0.1) is 0 Å². The lowest BCUT2D eigenvalue weighted by Gasteiger charge is -2.13. The molecule has 9 aromatic carbocycles. The largest absolute Gasteiger partial charge is 0.309 e. The first-order valence-electron chi connectivity index (χ1n) is 19.3. The average Bonchev–Trinajstić information content (AvgIpc) is 3.79. The highest BCUT2D eigenvalue weighted by Crippen LogP contribution is 2.40. The number of benzene rings is 9. The molecule has 2 heterocycles. The first kappa shape index (κ1) is 32.0. The summed E-state index contributed by atoms with van der Waals surface area (Å²) in [6.07, 6.45) is 0. The zero-order valence-electron chi connectivity index (χ0n) is 30.7. The van der Waals surface area contributed by atoms with E-state index in [1.54, 1.807) is 0 Å². The van der Waals surface area contributed by atoms with Gasteiger partial charge >= 0.3 is 0 Å². The van der Waals surface area contributed by atoms with E-state index in [0.29, 0.717) is 0 Å². The summed E-state index contributed by atoms with van der Waals surface area (Å²) < 4.78 is 4.76. The Labute approximate surface area is 325 Å². The van der Waals surface area contributed by atoms with Crippen LogP contribution in [-0.4, -0.2) is 9.13 Å². The summed E-state index contributed by atoms with van der Waals surface area (Å²) >= 11 is 0. The van der Waals surface area contributed by atoms with Crippen LogP contribution < -0.4 is 0 Å². The number of hydrogen-bond donors (Lipinski definition) is 0. The van der Waals surface area contributed by atoms with Gasteiger partial charge in [0.15, 0.2) is 0 Å². The van der Waals surface area contributed by atoms with Gasteiger partial charge in [0.25, 0.3) is 0 Å². The van der Waals surface area contributed by atoms with Gasteiger partial charge in [-0.2, -0.15) is 0 Å².